The fourth-order valence-corrected chi connectivity index (χ4v) is 3.77. The fraction of sp³-hybridized carbons (Fsp3) is 0.375. The van der Waals surface area contributed by atoms with Crippen LogP contribution in [0.15, 0.2) is 24.3 Å². The van der Waals surface area contributed by atoms with Crippen LogP contribution in [0.25, 0.3) is 10.8 Å². The molecule has 0 heteroatoms. The Balaban J connectivity index is 2.19. The Kier molecular flexibility index (Phi) is 1.48. The summed E-state index contributed by atoms with van der Waals surface area (Å²) >= 11 is 0. The lowest BCUT2D eigenvalue weighted by molar-refractivity contribution is 0.601. The zero-order valence-electron chi connectivity index (χ0n) is 9.88. The summed E-state index contributed by atoms with van der Waals surface area (Å²) in [5, 5.41) is 3.06. The van der Waals surface area contributed by atoms with Crippen molar-refractivity contribution in [2.24, 2.45) is 0 Å². The normalized spacial score (nSPS) is 25.6. The van der Waals surface area contributed by atoms with Crippen LogP contribution in [-0.2, 0) is 12.8 Å². The molecule has 2 aromatic rings. The molecule has 2 aromatic carbocycles. The van der Waals surface area contributed by atoms with E-state index >= 15 is 0 Å². The monoisotopic (exact) mass is 208 g/mol. The summed E-state index contributed by atoms with van der Waals surface area (Å²) in [5.74, 6) is 1.58. The minimum absolute atomic E-state index is 0.776. The van der Waals surface area contributed by atoms with Gasteiger partial charge in [0, 0.05) is 0 Å². The van der Waals surface area contributed by atoms with Crippen LogP contribution in [0.4, 0.5) is 0 Å². The Morgan fingerprint density at radius 1 is 0.812 bits per heavy atom. The molecule has 0 radical (unpaired) electrons. The molecule has 0 heterocycles. The smallest absolute Gasteiger partial charge is 0.0141 e. The molecule has 2 aliphatic rings. The van der Waals surface area contributed by atoms with Gasteiger partial charge in [-0.1, -0.05) is 38.1 Å². The Morgan fingerprint density at radius 3 is 2.12 bits per heavy atom. The second-order valence-corrected chi connectivity index (χ2v) is 5.54. The van der Waals surface area contributed by atoms with Crippen LogP contribution in [-0.4, -0.2) is 0 Å². The molecule has 0 bridgehead atoms. The van der Waals surface area contributed by atoms with Gasteiger partial charge in [0.05, 0.1) is 0 Å². The maximum atomic E-state index is 2.38. The van der Waals surface area contributed by atoms with Crippen molar-refractivity contribution in [3.8, 4) is 0 Å². The van der Waals surface area contributed by atoms with Gasteiger partial charge in [0.2, 0.25) is 0 Å². The molecule has 0 saturated carbocycles. The van der Waals surface area contributed by atoms with Gasteiger partial charge >= 0.3 is 0 Å². The largest absolute Gasteiger partial charge is 0.0616 e. The molecule has 0 nitrogen and oxygen atoms in total. The Hall–Kier alpha value is -1.30. The predicted octanol–water partition coefficient (Wildman–Crippen LogP) is 4.16. The van der Waals surface area contributed by atoms with Gasteiger partial charge in [0.15, 0.2) is 0 Å². The zero-order valence-corrected chi connectivity index (χ0v) is 9.88. The standard InChI is InChI=1S/C16H16/c1-9-7-13-11-5-3-4-6-12(11)15-10(2)8-14(15)16(9)13/h3-6,9-10H,7-8H2,1-2H3. The lowest BCUT2D eigenvalue weighted by atomic mass is 9.64. The average molecular weight is 208 g/mol. The summed E-state index contributed by atoms with van der Waals surface area (Å²) in [5.41, 5.74) is 6.70. The van der Waals surface area contributed by atoms with Crippen LogP contribution in [0.2, 0.25) is 0 Å². The van der Waals surface area contributed by atoms with Gasteiger partial charge in [0.1, 0.15) is 0 Å². The topological polar surface area (TPSA) is 0 Å². The third kappa shape index (κ3) is 0.832. The number of hydrogen-bond acceptors (Lipinski definition) is 0. The number of rotatable bonds is 0. The van der Waals surface area contributed by atoms with E-state index in [4.69, 9.17) is 0 Å². The molecular weight excluding hydrogens is 192 g/mol. The first kappa shape index (κ1) is 8.81. The second-order valence-electron chi connectivity index (χ2n) is 5.54. The summed E-state index contributed by atoms with van der Waals surface area (Å²) in [6.45, 7) is 4.74. The molecule has 0 fully saturated rings. The molecule has 2 atom stereocenters. The van der Waals surface area contributed by atoms with Crippen LogP contribution in [0.1, 0.15) is 47.9 Å². The van der Waals surface area contributed by atoms with E-state index in [1.807, 2.05) is 0 Å². The Labute approximate surface area is 96.3 Å². The third-order valence-corrected chi connectivity index (χ3v) is 4.52. The molecule has 16 heavy (non-hydrogen) atoms. The highest BCUT2D eigenvalue weighted by atomic mass is 14.4. The van der Waals surface area contributed by atoms with Crippen LogP contribution >= 0.6 is 0 Å². The Morgan fingerprint density at radius 2 is 1.44 bits per heavy atom. The van der Waals surface area contributed by atoms with E-state index in [2.05, 4.69) is 38.1 Å². The van der Waals surface area contributed by atoms with E-state index in [1.54, 1.807) is 22.3 Å². The molecule has 80 valence electrons. The van der Waals surface area contributed by atoms with E-state index in [9.17, 15) is 0 Å². The average Bonchev–Trinajstić information content (AvgIpc) is 2.25. The molecule has 0 amide bonds. The minimum atomic E-state index is 0.776. The van der Waals surface area contributed by atoms with Crippen LogP contribution in [0.5, 0.6) is 0 Å². The van der Waals surface area contributed by atoms with Crippen molar-refractivity contribution >= 4 is 10.8 Å². The SMILES string of the molecule is CC1Cc2c1c1c(c3ccccc23)C(C)C1. The van der Waals surface area contributed by atoms with E-state index in [0.29, 0.717) is 0 Å². The highest BCUT2D eigenvalue weighted by molar-refractivity contribution is 5.94. The summed E-state index contributed by atoms with van der Waals surface area (Å²) in [6.07, 6.45) is 2.60. The van der Waals surface area contributed by atoms with Crippen molar-refractivity contribution in [3.63, 3.8) is 0 Å². The lowest BCUT2D eigenvalue weighted by Crippen LogP contribution is -2.26. The van der Waals surface area contributed by atoms with Crippen molar-refractivity contribution in [1.29, 1.82) is 0 Å². The molecule has 0 N–H and O–H groups in total. The molecule has 0 aliphatic heterocycles. The van der Waals surface area contributed by atoms with Gasteiger partial charge in [-0.25, -0.2) is 0 Å². The first-order valence-corrected chi connectivity index (χ1v) is 6.33. The van der Waals surface area contributed by atoms with Crippen molar-refractivity contribution in [2.75, 3.05) is 0 Å². The molecule has 0 spiro atoms. The highest BCUT2D eigenvalue weighted by Crippen LogP contribution is 2.51. The molecular formula is C16H16. The summed E-state index contributed by atoms with van der Waals surface area (Å²) in [4.78, 5) is 0. The highest BCUT2D eigenvalue weighted by Gasteiger charge is 2.36. The summed E-state index contributed by atoms with van der Waals surface area (Å²) < 4.78 is 0. The van der Waals surface area contributed by atoms with Gasteiger partial charge in [-0.3, -0.25) is 0 Å². The molecule has 2 unspecified atom stereocenters. The number of hydrogen-bond donors (Lipinski definition) is 0. The van der Waals surface area contributed by atoms with E-state index < -0.39 is 0 Å². The molecule has 2 aliphatic carbocycles. The molecule has 0 saturated heterocycles. The van der Waals surface area contributed by atoms with Crippen molar-refractivity contribution < 1.29 is 0 Å². The maximum absolute atomic E-state index is 2.38. The van der Waals surface area contributed by atoms with Gasteiger partial charge in [-0.15, -0.1) is 0 Å². The number of benzene rings is 2. The maximum Gasteiger partial charge on any atom is -0.0141 e. The lowest BCUT2D eigenvalue weighted by Gasteiger charge is -2.40. The van der Waals surface area contributed by atoms with Crippen molar-refractivity contribution in [1.82, 2.24) is 0 Å². The van der Waals surface area contributed by atoms with Gasteiger partial charge in [0.25, 0.3) is 0 Å². The van der Waals surface area contributed by atoms with Crippen LogP contribution in [0, 0.1) is 0 Å². The van der Waals surface area contributed by atoms with E-state index in [0.717, 1.165) is 11.8 Å². The first-order valence-electron chi connectivity index (χ1n) is 6.33. The number of fused-ring (bicyclic) bond motifs is 6. The van der Waals surface area contributed by atoms with Gasteiger partial charge < -0.3 is 0 Å². The van der Waals surface area contributed by atoms with Gasteiger partial charge in [-0.2, -0.15) is 0 Å². The van der Waals surface area contributed by atoms with Crippen LogP contribution < -0.4 is 0 Å². The van der Waals surface area contributed by atoms with Gasteiger partial charge in [-0.05, 0) is 57.7 Å². The Bertz CT molecular complexity index is 607. The van der Waals surface area contributed by atoms with Crippen molar-refractivity contribution in [2.45, 2.75) is 38.5 Å². The quantitative estimate of drug-likeness (QED) is 0.610. The molecule has 0 aromatic heterocycles. The summed E-state index contributed by atoms with van der Waals surface area (Å²) in [7, 11) is 0. The third-order valence-electron chi connectivity index (χ3n) is 4.52. The predicted molar refractivity (Wildman–Crippen MR) is 68.2 cm³/mol. The molecule has 4 rings (SSSR count). The second kappa shape index (κ2) is 2.68. The van der Waals surface area contributed by atoms with Crippen LogP contribution in [0.3, 0.4) is 0 Å². The zero-order chi connectivity index (χ0) is 10.9. The first-order chi connectivity index (χ1) is 7.77. The van der Waals surface area contributed by atoms with E-state index in [1.165, 1.54) is 23.6 Å². The minimum Gasteiger partial charge on any atom is -0.0616 e. The fourth-order valence-electron chi connectivity index (χ4n) is 3.77. The summed E-state index contributed by atoms with van der Waals surface area (Å²) in [6, 6.07) is 8.99. The van der Waals surface area contributed by atoms with Crippen molar-refractivity contribution in [3.05, 3.63) is 46.5 Å². The van der Waals surface area contributed by atoms with E-state index in [-0.39, 0.29) is 0 Å².